The number of rotatable bonds is 3. The van der Waals surface area contributed by atoms with Crippen LogP contribution >= 0.6 is 0 Å². The van der Waals surface area contributed by atoms with Crippen molar-refractivity contribution in [2.24, 2.45) is 18.7 Å². The Morgan fingerprint density at radius 2 is 2.29 bits per heavy atom. The molecule has 0 bridgehead atoms. The lowest BCUT2D eigenvalue weighted by Gasteiger charge is -2.40. The van der Waals surface area contributed by atoms with Gasteiger partial charge in [-0.15, -0.1) is 0 Å². The van der Waals surface area contributed by atoms with E-state index in [0.29, 0.717) is 12.0 Å². The second-order valence-electron chi connectivity index (χ2n) is 5.02. The van der Waals surface area contributed by atoms with Crippen LogP contribution in [-0.4, -0.2) is 34.3 Å². The number of piperidine rings is 1. The first kappa shape index (κ1) is 12.6. The first-order valence-corrected chi connectivity index (χ1v) is 6.61. The maximum atomic E-state index is 5.95. The molecule has 2 rings (SSSR count). The van der Waals surface area contributed by atoms with E-state index in [0.717, 1.165) is 13.1 Å². The highest BCUT2D eigenvalue weighted by molar-refractivity contribution is 5.22. The van der Waals surface area contributed by atoms with Gasteiger partial charge in [0, 0.05) is 24.3 Å². The zero-order chi connectivity index (χ0) is 12.4. The van der Waals surface area contributed by atoms with E-state index in [-0.39, 0.29) is 0 Å². The molecule has 1 saturated heterocycles. The minimum Gasteiger partial charge on any atom is -0.330 e. The number of hydrogen-bond acceptors (Lipinski definition) is 3. The van der Waals surface area contributed by atoms with Crippen molar-refractivity contribution in [3.63, 3.8) is 0 Å². The molecule has 0 spiro atoms. The standard InChI is InChI=1S/C13H24N4/c1-4-17-7-5-6-11(8-14)13(17)12-9-15-16(3)10(12)2/h9,11,13H,4-8,14H2,1-3H3. The summed E-state index contributed by atoms with van der Waals surface area (Å²) in [6.07, 6.45) is 4.54. The first-order valence-electron chi connectivity index (χ1n) is 6.61. The summed E-state index contributed by atoms with van der Waals surface area (Å²) in [6, 6.07) is 0.465. The van der Waals surface area contributed by atoms with Crippen LogP contribution in [0.5, 0.6) is 0 Å². The predicted octanol–water partition coefficient (Wildman–Crippen LogP) is 1.46. The van der Waals surface area contributed by atoms with Crippen molar-refractivity contribution >= 4 is 0 Å². The van der Waals surface area contributed by atoms with Crippen LogP contribution in [0.25, 0.3) is 0 Å². The molecule has 96 valence electrons. The van der Waals surface area contributed by atoms with E-state index in [9.17, 15) is 0 Å². The van der Waals surface area contributed by atoms with Crippen molar-refractivity contribution < 1.29 is 0 Å². The van der Waals surface area contributed by atoms with Crippen LogP contribution in [-0.2, 0) is 7.05 Å². The van der Waals surface area contributed by atoms with Crippen molar-refractivity contribution in [2.75, 3.05) is 19.6 Å². The lowest BCUT2D eigenvalue weighted by Crippen LogP contribution is -2.41. The fourth-order valence-corrected chi connectivity index (χ4v) is 3.01. The Morgan fingerprint density at radius 1 is 1.53 bits per heavy atom. The van der Waals surface area contributed by atoms with E-state index in [1.165, 1.54) is 30.6 Å². The van der Waals surface area contributed by atoms with Crippen molar-refractivity contribution in [3.8, 4) is 0 Å². The van der Waals surface area contributed by atoms with Crippen LogP contribution in [0.15, 0.2) is 6.20 Å². The summed E-state index contributed by atoms with van der Waals surface area (Å²) in [5, 5.41) is 4.38. The molecule has 0 saturated carbocycles. The summed E-state index contributed by atoms with van der Waals surface area (Å²) < 4.78 is 1.96. The number of aryl methyl sites for hydroxylation is 1. The van der Waals surface area contributed by atoms with Crippen molar-refractivity contribution in [1.29, 1.82) is 0 Å². The third kappa shape index (κ3) is 2.24. The minimum absolute atomic E-state index is 0.465. The van der Waals surface area contributed by atoms with Crippen molar-refractivity contribution in [3.05, 3.63) is 17.5 Å². The predicted molar refractivity (Wildman–Crippen MR) is 69.7 cm³/mol. The topological polar surface area (TPSA) is 47.1 Å². The van der Waals surface area contributed by atoms with Gasteiger partial charge in [0.1, 0.15) is 0 Å². The highest BCUT2D eigenvalue weighted by Crippen LogP contribution is 2.36. The van der Waals surface area contributed by atoms with Crippen LogP contribution < -0.4 is 5.73 Å². The maximum absolute atomic E-state index is 5.95. The monoisotopic (exact) mass is 236 g/mol. The summed E-state index contributed by atoms with van der Waals surface area (Å²) in [6.45, 7) is 7.44. The van der Waals surface area contributed by atoms with Gasteiger partial charge in [0.05, 0.1) is 6.20 Å². The van der Waals surface area contributed by atoms with Gasteiger partial charge in [-0.2, -0.15) is 5.10 Å². The van der Waals surface area contributed by atoms with Gasteiger partial charge in [-0.3, -0.25) is 9.58 Å². The molecule has 2 atom stereocenters. The average Bonchev–Trinajstić information content (AvgIpc) is 2.69. The second-order valence-corrected chi connectivity index (χ2v) is 5.02. The molecule has 1 fully saturated rings. The molecule has 4 heteroatoms. The number of nitrogens with two attached hydrogens (primary N) is 1. The fourth-order valence-electron chi connectivity index (χ4n) is 3.01. The normalized spacial score (nSPS) is 26.4. The van der Waals surface area contributed by atoms with Gasteiger partial charge in [0.15, 0.2) is 0 Å². The molecule has 1 aromatic heterocycles. The van der Waals surface area contributed by atoms with Crippen LogP contribution in [0, 0.1) is 12.8 Å². The van der Waals surface area contributed by atoms with E-state index in [1.807, 2.05) is 17.9 Å². The van der Waals surface area contributed by atoms with Crippen LogP contribution in [0.1, 0.15) is 37.1 Å². The Bertz CT molecular complexity index is 359. The summed E-state index contributed by atoms with van der Waals surface area (Å²) in [5.41, 5.74) is 8.59. The van der Waals surface area contributed by atoms with E-state index in [1.54, 1.807) is 0 Å². The molecule has 0 radical (unpaired) electrons. The SMILES string of the molecule is CCN1CCCC(CN)C1c1cnn(C)c1C. The molecule has 0 aliphatic carbocycles. The number of hydrogen-bond donors (Lipinski definition) is 1. The van der Waals surface area contributed by atoms with Gasteiger partial charge in [-0.25, -0.2) is 0 Å². The molecule has 17 heavy (non-hydrogen) atoms. The van der Waals surface area contributed by atoms with Gasteiger partial charge in [-0.1, -0.05) is 6.92 Å². The highest BCUT2D eigenvalue weighted by Gasteiger charge is 2.32. The summed E-state index contributed by atoms with van der Waals surface area (Å²) in [4.78, 5) is 2.55. The lowest BCUT2D eigenvalue weighted by molar-refractivity contribution is 0.101. The zero-order valence-electron chi connectivity index (χ0n) is 11.2. The van der Waals surface area contributed by atoms with Crippen LogP contribution in [0.2, 0.25) is 0 Å². The molecule has 1 aromatic rings. The fraction of sp³-hybridized carbons (Fsp3) is 0.769. The molecule has 2 heterocycles. The molecule has 0 amide bonds. The van der Waals surface area contributed by atoms with Gasteiger partial charge < -0.3 is 5.73 Å². The Morgan fingerprint density at radius 3 is 2.82 bits per heavy atom. The minimum atomic E-state index is 0.465. The van der Waals surface area contributed by atoms with E-state index in [4.69, 9.17) is 5.73 Å². The zero-order valence-corrected chi connectivity index (χ0v) is 11.2. The van der Waals surface area contributed by atoms with Crippen molar-refractivity contribution in [2.45, 2.75) is 32.7 Å². The number of likely N-dealkylation sites (tertiary alicyclic amines) is 1. The van der Waals surface area contributed by atoms with Crippen LogP contribution in [0.3, 0.4) is 0 Å². The Labute approximate surface area is 104 Å². The van der Waals surface area contributed by atoms with Gasteiger partial charge in [-0.05, 0) is 45.3 Å². The summed E-state index contributed by atoms with van der Waals surface area (Å²) in [5.74, 6) is 0.576. The second kappa shape index (κ2) is 5.19. The molecule has 2 N–H and O–H groups in total. The lowest BCUT2D eigenvalue weighted by atomic mass is 9.85. The van der Waals surface area contributed by atoms with Crippen LogP contribution in [0.4, 0.5) is 0 Å². The third-order valence-corrected chi connectivity index (χ3v) is 4.16. The van der Waals surface area contributed by atoms with Crippen molar-refractivity contribution in [1.82, 2.24) is 14.7 Å². The van der Waals surface area contributed by atoms with E-state index in [2.05, 4.69) is 23.8 Å². The average molecular weight is 236 g/mol. The van der Waals surface area contributed by atoms with Gasteiger partial charge >= 0.3 is 0 Å². The molecule has 4 nitrogen and oxygen atoms in total. The van der Waals surface area contributed by atoms with E-state index < -0.39 is 0 Å². The third-order valence-electron chi connectivity index (χ3n) is 4.16. The molecule has 2 unspecified atom stereocenters. The largest absolute Gasteiger partial charge is 0.330 e. The Balaban J connectivity index is 2.33. The number of nitrogens with zero attached hydrogens (tertiary/aromatic N) is 3. The summed E-state index contributed by atoms with van der Waals surface area (Å²) in [7, 11) is 2.01. The Kier molecular flexibility index (Phi) is 3.84. The van der Waals surface area contributed by atoms with Gasteiger partial charge in [0.2, 0.25) is 0 Å². The first-order chi connectivity index (χ1) is 8.19. The van der Waals surface area contributed by atoms with E-state index >= 15 is 0 Å². The molecule has 1 aliphatic heterocycles. The molecule has 1 aliphatic rings. The Hall–Kier alpha value is -0.870. The molecular formula is C13H24N4. The number of aromatic nitrogens is 2. The molecule has 0 aromatic carbocycles. The highest BCUT2D eigenvalue weighted by atomic mass is 15.3. The summed E-state index contributed by atoms with van der Waals surface area (Å²) >= 11 is 0. The maximum Gasteiger partial charge on any atom is 0.0540 e. The quantitative estimate of drug-likeness (QED) is 0.864. The molecular weight excluding hydrogens is 212 g/mol. The smallest absolute Gasteiger partial charge is 0.0540 e. The van der Waals surface area contributed by atoms with Gasteiger partial charge in [0.25, 0.3) is 0 Å².